The Morgan fingerprint density at radius 3 is 2.72 bits per heavy atom. The second-order valence-electron chi connectivity index (χ2n) is 5.16. The molecule has 6 heteroatoms. The van der Waals surface area contributed by atoms with Gasteiger partial charge in [0.2, 0.25) is 0 Å². The van der Waals surface area contributed by atoms with Crippen LogP contribution in [0.1, 0.15) is 31.3 Å². The minimum Gasteiger partial charge on any atom is -0.306 e. The normalized spacial score (nSPS) is 12.0. The van der Waals surface area contributed by atoms with Gasteiger partial charge in [-0.2, -0.15) is 0 Å². The molecule has 0 aliphatic rings. The zero-order chi connectivity index (χ0) is 13.2. The molecule has 18 heavy (non-hydrogen) atoms. The number of nitrogens with one attached hydrogen (secondary N) is 1. The maximum atomic E-state index is 4.16. The molecular formula is C12H17BrN4S. The third-order valence-electron chi connectivity index (χ3n) is 2.46. The molecule has 0 saturated carbocycles. The quantitative estimate of drug-likeness (QED) is 0.937. The maximum Gasteiger partial charge on any atom is 0.0965 e. The number of rotatable bonds is 4. The second kappa shape index (κ2) is 5.50. The van der Waals surface area contributed by atoms with E-state index in [-0.39, 0.29) is 5.54 Å². The van der Waals surface area contributed by atoms with E-state index in [0.29, 0.717) is 0 Å². The van der Waals surface area contributed by atoms with E-state index in [1.54, 1.807) is 11.3 Å². The van der Waals surface area contributed by atoms with E-state index in [9.17, 15) is 0 Å². The number of halogens is 1. The number of nitrogens with zero attached hydrogens (tertiary/aromatic N) is 3. The SMILES string of the molecule is CC(C)(C)n1cc(CNCc2cc(Br)cs2)nn1. The van der Waals surface area contributed by atoms with Crippen LogP contribution in [0.4, 0.5) is 0 Å². The molecule has 1 N–H and O–H groups in total. The molecular weight excluding hydrogens is 312 g/mol. The fourth-order valence-electron chi connectivity index (χ4n) is 1.47. The molecule has 0 spiro atoms. The Morgan fingerprint density at radius 2 is 2.17 bits per heavy atom. The van der Waals surface area contributed by atoms with Crippen LogP contribution in [-0.2, 0) is 18.6 Å². The van der Waals surface area contributed by atoms with Crippen LogP contribution >= 0.6 is 27.3 Å². The van der Waals surface area contributed by atoms with Crippen LogP contribution in [-0.4, -0.2) is 15.0 Å². The molecule has 2 aromatic heterocycles. The fourth-order valence-corrected chi connectivity index (χ4v) is 2.89. The molecule has 4 nitrogen and oxygen atoms in total. The monoisotopic (exact) mass is 328 g/mol. The largest absolute Gasteiger partial charge is 0.306 e. The molecule has 98 valence electrons. The average Bonchev–Trinajstić information content (AvgIpc) is 2.87. The van der Waals surface area contributed by atoms with Gasteiger partial charge in [0.25, 0.3) is 0 Å². The number of hydrogen-bond donors (Lipinski definition) is 1. The van der Waals surface area contributed by atoms with Crippen molar-refractivity contribution in [2.45, 2.75) is 39.4 Å². The van der Waals surface area contributed by atoms with Crippen molar-refractivity contribution in [2.24, 2.45) is 0 Å². The zero-order valence-corrected chi connectivity index (χ0v) is 13.2. The molecule has 0 aliphatic carbocycles. The summed E-state index contributed by atoms with van der Waals surface area (Å²) in [6.45, 7) is 7.94. The van der Waals surface area contributed by atoms with Gasteiger partial charge in [-0.1, -0.05) is 5.21 Å². The highest BCUT2D eigenvalue weighted by Crippen LogP contribution is 2.19. The lowest BCUT2D eigenvalue weighted by atomic mass is 10.1. The van der Waals surface area contributed by atoms with E-state index in [1.807, 2.05) is 10.9 Å². The highest BCUT2D eigenvalue weighted by molar-refractivity contribution is 9.10. The molecule has 2 aromatic rings. The Bertz CT molecular complexity index is 512. The van der Waals surface area contributed by atoms with Crippen molar-refractivity contribution in [3.8, 4) is 0 Å². The van der Waals surface area contributed by atoms with E-state index in [1.165, 1.54) is 4.88 Å². The summed E-state index contributed by atoms with van der Waals surface area (Å²) < 4.78 is 3.04. The summed E-state index contributed by atoms with van der Waals surface area (Å²) in [5, 5.41) is 13.8. The Kier molecular flexibility index (Phi) is 4.19. The summed E-state index contributed by atoms with van der Waals surface area (Å²) in [6, 6.07) is 2.13. The molecule has 2 heterocycles. The van der Waals surface area contributed by atoms with Gasteiger partial charge in [0.1, 0.15) is 0 Å². The minimum absolute atomic E-state index is 0.0101. The predicted octanol–water partition coefficient (Wildman–Crippen LogP) is 3.15. The van der Waals surface area contributed by atoms with Crippen molar-refractivity contribution in [3.63, 3.8) is 0 Å². The first-order valence-electron chi connectivity index (χ1n) is 5.80. The molecule has 0 unspecified atom stereocenters. The summed E-state index contributed by atoms with van der Waals surface area (Å²) in [6.07, 6.45) is 2.00. The Labute approximate surface area is 120 Å². The first-order valence-corrected chi connectivity index (χ1v) is 7.48. The summed E-state index contributed by atoms with van der Waals surface area (Å²) >= 11 is 5.19. The predicted molar refractivity (Wildman–Crippen MR) is 77.6 cm³/mol. The summed E-state index contributed by atoms with van der Waals surface area (Å²) in [5.74, 6) is 0. The van der Waals surface area contributed by atoms with Crippen LogP contribution < -0.4 is 5.32 Å². The average molecular weight is 329 g/mol. The second-order valence-corrected chi connectivity index (χ2v) is 7.07. The van der Waals surface area contributed by atoms with Crippen molar-refractivity contribution in [1.29, 1.82) is 0 Å². The van der Waals surface area contributed by atoms with Gasteiger partial charge < -0.3 is 5.32 Å². The lowest BCUT2D eigenvalue weighted by molar-refractivity contribution is 0.347. The minimum atomic E-state index is -0.0101. The van der Waals surface area contributed by atoms with Crippen molar-refractivity contribution in [1.82, 2.24) is 20.3 Å². The highest BCUT2D eigenvalue weighted by Gasteiger charge is 2.14. The number of hydrogen-bond acceptors (Lipinski definition) is 4. The van der Waals surface area contributed by atoms with Gasteiger partial charge in [-0.15, -0.1) is 16.4 Å². The smallest absolute Gasteiger partial charge is 0.0965 e. The van der Waals surface area contributed by atoms with Gasteiger partial charge in [0.15, 0.2) is 0 Å². The lowest BCUT2D eigenvalue weighted by Crippen LogP contribution is -2.22. The Morgan fingerprint density at radius 1 is 1.39 bits per heavy atom. The van der Waals surface area contributed by atoms with Crippen molar-refractivity contribution >= 4 is 27.3 Å². The molecule has 2 rings (SSSR count). The third-order valence-corrected chi connectivity index (χ3v) is 4.15. The van der Waals surface area contributed by atoms with Crippen LogP contribution in [0.25, 0.3) is 0 Å². The fraction of sp³-hybridized carbons (Fsp3) is 0.500. The van der Waals surface area contributed by atoms with Gasteiger partial charge >= 0.3 is 0 Å². The summed E-state index contributed by atoms with van der Waals surface area (Å²) in [7, 11) is 0. The Hall–Kier alpha value is -0.720. The van der Waals surface area contributed by atoms with E-state index < -0.39 is 0 Å². The topological polar surface area (TPSA) is 42.7 Å². The van der Waals surface area contributed by atoms with Crippen LogP contribution in [0.2, 0.25) is 0 Å². The summed E-state index contributed by atoms with van der Waals surface area (Å²) in [5.41, 5.74) is 0.963. The van der Waals surface area contributed by atoms with Gasteiger partial charge in [0.05, 0.1) is 17.4 Å². The molecule has 0 fully saturated rings. The first-order chi connectivity index (χ1) is 8.45. The van der Waals surface area contributed by atoms with Gasteiger partial charge in [0, 0.05) is 27.8 Å². The van der Waals surface area contributed by atoms with Gasteiger partial charge in [-0.3, -0.25) is 0 Å². The van der Waals surface area contributed by atoms with E-state index in [0.717, 1.165) is 23.3 Å². The van der Waals surface area contributed by atoms with Crippen molar-refractivity contribution in [2.75, 3.05) is 0 Å². The maximum absolute atomic E-state index is 4.16. The number of aromatic nitrogens is 3. The standard InChI is InChI=1S/C12H17BrN4S/c1-12(2,3)17-7-10(15-16-17)5-14-6-11-4-9(13)8-18-11/h4,7-8,14H,5-6H2,1-3H3. The zero-order valence-electron chi connectivity index (χ0n) is 10.8. The van der Waals surface area contributed by atoms with Crippen LogP contribution in [0.3, 0.4) is 0 Å². The van der Waals surface area contributed by atoms with E-state index >= 15 is 0 Å². The number of thiophene rings is 1. The van der Waals surface area contributed by atoms with Crippen LogP contribution in [0.15, 0.2) is 22.1 Å². The molecule has 0 bridgehead atoms. The molecule has 0 aliphatic heterocycles. The van der Waals surface area contributed by atoms with Crippen LogP contribution in [0.5, 0.6) is 0 Å². The third kappa shape index (κ3) is 3.63. The lowest BCUT2D eigenvalue weighted by Gasteiger charge is -2.17. The van der Waals surface area contributed by atoms with Crippen molar-refractivity contribution < 1.29 is 0 Å². The highest BCUT2D eigenvalue weighted by atomic mass is 79.9. The molecule has 0 atom stereocenters. The van der Waals surface area contributed by atoms with Crippen LogP contribution in [0, 0.1) is 0 Å². The van der Waals surface area contributed by atoms with E-state index in [4.69, 9.17) is 0 Å². The molecule has 0 amide bonds. The Balaban J connectivity index is 1.85. The van der Waals surface area contributed by atoms with Crippen molar-refractivity contribution in [3.05, 3.63) is 32.7 Å². The van der Waals surface area contributed by atoms with Gasteiger partial charge in [-0.25, -0.2) is 4.68 Å². The molecule has 0 radical (unpaired) electrons. The molecule has 0 saturated heterocycles. The molecule has 0 aromatic carbocycles. The first kappa shape index (κ1) is 13.7. The summed E-state index contributed by atoms with van der Waals surface area (Å²) in [4.78, 5) is 1.31. The van der Waals surface area contributed by atoms with Gasteiger partial charge in [-0.05, 0) is 42.8 Å². The van der Waals surface area contributed by atoms with E-state index in [2.05, 4.69) is 63.8 Å².